The Morgan fingerprint density at radius 2 is 0.471 bits per heavy atom. The van der Waals surface area contributed by atoms with Crippen LogP contribution in [0.1, 0.15) is 71.9 Å². The van der Waals surface area contributed by atoms with Gasteiger partial charge in [0.1, 0.15) is 11.2 Å². The van der Waals surface area contributed by atoms with Gasteiger partial charge in [0.05, 0.1) is 0 Å². The van der Waals surface area contributed by atoms with Gasteiger partial charge in [0.25, 0.3) is 0 Å². The summed E-state index contributed by atoms with van der Waals surface area (Å²) in [6, 6.07) is 63.6. The molecule has 0 N–H and O–H groups in total. The maximum Gasteiger partial charge on any atom is 0.143 e. The molecule has 0 aromatic heterocycles. The van der Waals surface area contributed by atoms with E-state index in [1.165, 1.54) is 0 Å². The second-order valence-electron chi connectivity index (χ2n) is 13.0. The van der Waals surface area contributed by atoms with E-state index >= 15 is 0 Å². The van der Waals surface area contributed by atoms with Gasteiger partial charge < -0.3 is 14.2 Å². The van der Waals surface area contributed by atoms with Gasteiger partial charge in [-0.15, -0.1) is 0 Å². The molecule has 3 heteroatoms. The lowest BCUT2D eigenvalue weighted by atomic mass is 9.80. The number of unbranched alkanes of at least 4 members (excludes halogenated alkanes) is 4. The first-order valence-electron chi connectivity index (χ1n) is 18.5. The van der Waals surface area contributed by atoms with Gasteiger partial charge in [-0.1, -0.05) is 182 Å². The van der Waals surface area contributed by atoms with Crippen LogP contribution in [0, 0.1) is 0 Å². The maximum atomic E-state index is 6.93. The zero-order valence-corrected chi connectivity index (χ0v) is 29.6. The topological polar surface area (TPSA) is 27.7 Å². The monoisotopic (exact) mass is 674 g/mol. The van der Waals surface area contributed by atoms with Crippen LogP contribution < -0.4 is 0 Å². The Morgan fingerprint density at radius 1 is 0.255 bits per heavy atom. The SMILES string of the molecule is c1ccc(C(OCCCCCOCCCCCOC(c2ccccc2)(c2ccccc2)c2ccccc2)(c2ccccc2)c2ccccc2)cc1. The lowest BCUT2D eigenvalue weighted by molar-refractivity contribution is 0.00888. The Labute approximate surface area is 304 Å². The van der Waals surface area contributed by atoms with Crippen LogP contribution in [-0.4, -0.2) is 26.4 Å². The summed E-state index contributed by atoms with van der Waals surface area (Å²) >= 11 is 0. The molecule has 0 unspecified atom stereocenters. The molecule has 0 heterocycles. The molecule has 6 aromatic rings. The highest BCUT2D eigenvalue weighted by Gasteiger charge is 2.38. The van der Waals surface area contributed by atoms with E-state index in [1.54, 1.807) is 0 Å². The van der Waals surface area contributed by atoms with E-state index in [1.807, 2.05) is 0 Å². The highest BCUT2D eigenvalue weighted by Crippen LogP contribution is 2.42. The zero-order valence-electron chi connectivity index (χ0n) is 29.6. The number of ether oxygens (including phenoxy) is 3. The van der Waals surface area contributed by atoms with Gasteiger partial charge in [-0.05, 0) is 71.9 Å². The van der Waals surface area contributed by atoms with Gasteiger partial charge >= 0.3 is 0 Å². The standard InChI is InChI=1S/C48H50O3/c1-9-25-41(26-10-1)47(42-27-11-2-12-28-42,43-29-13-3-14-30-43)50-39-23-7-21-37-49-38-22-8-24-40-51-48(44-31-15-4-16-32-44,45-33-17-5-18-34-45)46-35-19-6-20-36-46/h1-6,9-20,25-36H,7-8,21-24,37-40H2. The van der Waals surface area contributed by atoms with Crippen molar-refractivity contribution in [3.05, 3.63) is 215 Å². The molecule has 0 aliphatic carbocycles. The summed E-state index contributed by atoms with van der Waals surface area (Å²) in [5.41, 5.74) is 5.53. The van der Waals surface area contributed by atoms with E-state index in [2.05, 4.69) is 182 Å². The van der Waals surface area contributed by atoms with Crippen molar-refractivity contribution >= 4 is 0 Å². The predicted octanol–water partition coefficient (Wildman–Crippen LogP) is 11.4. The Hall–Kier alpha value is -4.80. The fourth-order valence-electron chi connectivity index (χ4n) is 7.06. The molecule has 260 valence electrons. The van der Waals surface area contributed by atoms with Crippen molar-refractivity contribution in [1.82, 2.24) is 0 Å². The van der Waals surface area contributed by atoms with Crippen molar-refractivity contribution in [2.24, 2.45) is 0 Å². The summed E-state index contributed by atoms with van der Waals surface area (Å²) in [5.74, 6) is 0. The van der Waals surface area contributed by atoms with E-state index in [9.17, 15) is 0 Å². The normalized spacial score (nSPS) is 11.8. The Bertz CT molecular complexity index is 1460. The van der Waals surface area contributed by atoms with Crippen LogP contribution in [0.25, 0.3) is 0 Å². The van der Waals surface area contributed by atoms with Crippen molar-refractivity contribution in [2.45, 2.75) is 49.7 Å². The molecule has 0 saturated heterocycles. The van der Waals surface area contributed by atoms with Gasteiger partial charge in [-0.25, -0.2) is 0 Å². The van der Waals surface area contributed by atoms with E-state index in [4.69, 9.17) is 14.2 Å². The molecule has 0 aliphatic heterocycles. The van der Waals surface area contributed by atoms with Crippen LogP contribution in [0.4, 0.5) is 0 Å². The lowest BCUT2D eigenvalue weighted by Crippen LogP contribution is -2.33. The van der Waals surface area contributed by atoms with E-state index in [0.717, 1.165) is 85.1 Å². The van der Waals surface area contributed by atoms with Crippen LogP contribution in [0.5, 0.6) is 0 Å². The smallest absolute Gasteiger partial charge is 0.143 e. The van der Waals surface area contributed by atoms with Crippen molar-refractivity contribution < 1.29 is 14.2 Å². The molecule has 0 spiro atoms. The Kier molecular flexibility index (Phi) is 13.4. The third-order valence-corrected chi connectivity index (χ3v) is 9.59. The minimum Gasteiger partial charge on any atom is -0.381 e. The van der Waals surface area contributed by atoms with Crippen molar-refractivity contribution in [3.8, 4) is 0 Å². The first kappa shape index (κ1) is 36.0. The van der Waals surface area contributed by atoms with Crippen LogP contribution in [-0.2, 0) is 25.4 Å². The second kappa shape index (κ2) is 19.0. The summed E-state index contributed by atoms with van der Waals surface area (Å²) in [7, 11) is 0. The molecule has 6 rings (SSSR count). The number of hydrogen-bond donors (Lipinski definition) is 0. The van der Waals surface area contributed by atoms with Gasteiger partial charge in [0, 0.05) is 26.4 Å². The molecule has 0 atom stereocenters. The van der Waals surface area contributed by atoms with Gasteiger partial charge in [0.2, 0.25) is 0 Å². The minimum atomic E-state index is -0.660. The van der Waals surface area contributed by atoms with Crippen molar-refractivity contribution in [3.63, 3.8) is 0 Å². The van der Waals surface area contributed by atoms with Crippen LogP contribution in [0.15, 0.2) is 182 Å². The van der Waals surface area contributed by atoms with E-state index in [-0.39, 0.29) is 0 Å². The summed E-state index contributed by atoms with van der Waals surface area (Å²) in [6.45, 7) is 2.87. The zero-order chi connectivity index (χ0) is 34.9. The average Bonchev–Trinajstić information content (AvgIpc) is 3.22. The molecule has 0 bridgehead atoms. The van der Waals surface area contributed by atoms with Crippen LogP contribution >= 0.6 is 0 Å². The molecular weight excluding hydrogens is 625 g/mol. The third-order valence-electron chi connectivity index (χ3n) is 9.59. The number of hydrogen-bond acceptors (Lipinski definition) is 3. The minimum absolute atomic E-state index is 0.660. The molecular formula is C48H50O3. The van der Waals surface area contributed by atoms with Gasteiger partial charge in [-0.2, -0.15) is 0 Å². The largest absolute Gasteiger partial charge is 0.381 e. The van der Waals surface area contributed by atoms with Crippen molar-refractivity contribution in [1.29, 1.82) is 0 Å². The third kappa shape index (κ3) is 8.93. The molecule has 0 radical (unpaired) electrons. The first-order chi connectivity index (χ1) is 25.3. The first-order valence-corrected chi connectivity index (χ1v) is 18.5. The lowest BCUT2D eigenvalue weighted by Gasteiger charge is -2.36. The van der Waals surface area contributed by atoms with Gasteiger partial charge in [0.15, 0.2) is 0 Å². The fraction of sp³-hybridized carbons (Fsp3) is 0.250. The molecule has 51 heavy (non-hydrogen) atoms. The summed E-state index contributed by atoms with van der Waals surface area (Å²) in [5, 5.41) is 0. The predicted molar refractivity (Wildman–Crippen MR) is 209 cm³/mol. The number of benzene rings is 6. The molecule has 3 nitrogen and oxygen atoms in total. The Morgan fingerprint density at radius 3 is 0.706 bits per heavy atom. The van der Waals surface area contributed by atoms with E-state index < -0.39 is 11.2 Å². The Balaban J connectivity index is 0.953. The maximum absolute atomic E-state index is 6.93. The van der Waals surface area contributed by atoms with E-state index in [0.29, 0.717) is 13.2 Å². The number of rotatable bonds is 20. The average molecular weight is 675 g/mol. The summed E-state index contributed by atoms with van der Waals surface area (Å²) in [6.07, 6.45) is 6.11. The van der Waals surface area contributed by atoms with Crippen LogP contribution in [0.2, 0.25) is 0 Å². The summed E-state index contributed by atoms with van der Waals surface area (Å²) < 4.78 is 19.9. The van der Waals surface area contributed by atoms with Gasteiger partial charge in [-0.3, -0.25) is 0 Å². The molecule has 0 aliphatic rings. The quantitative estimate of drug-likeness (QED) is 0.0596. The second-order valence-corrected chi connectivity index (χ2v) is 13.0. The highest BCUT2D eigenvalue weighted by atomic mass is 16.5. The van der Waals surface area contributed by atoms with Crippen molar-refractivity contribution in [2.75, 3.05) is 26.4 Å². The summed E-state index contributed by atoms with van der Waals surface area (Å²) in [4.78, 5) is 0. The highest BCUT2D eigenvalue weighted by molar-refractivity contribution is 5.48. The molecule has 0 fully saturated rings. The van der Waals surface area contributed by atoms with Crippen LogP contribution in [0.3, 0.4) is 0 Å². The molecule has 6 aromatic carbocycles. The molecule has 0 amide bonds. The fourth-order valence-corrected chi connectivity index (χ4v) is 7.06. The molecule has 0 saturated carbocycles.